The average molecular weight is 317 g/mol. The molecule has 22 heavy (non-hydrogen) atoms. The lowest BCUT2D eigenvalue weighted by molar-refractivity contribution is -0.0249. The second-order valence-corrected chi connectivity index (χ2v) is 6.72. The Hall–Kier alpha value is -1.76. The highest BCUT2D eigenvalue weighted by Gasteiger charge is 2.36. The number of carbonyl (C=O) groups excluding carboxylic acids is 1. The van der Waals surface area contributed by atoms with Crippen molar-refractivity contribution in [2.45, 2.75) is 25.0 Å². The van der Waals surface area contributed by atoms with E-state index in [2.05, 4.69) is 22.0 Å². The van der Waals surface area contributed by atoms with Crippen LogP contribution in [-0.4, -0.2) is 34.0 Å². The Kier molecular flexibility index (Phi) is 4.24. The molecule has 1 saturated heterocycles. The number of nitrogens with zero attached hydrogens (tertiary/aromatic N) is 2. The van der Waals surface area contributed by atoms with E-state index in [1.54, 1.807) is 6.20 Å². The van der Waals surface area contributed by atoms with Crippen LogP contribution in [0, 0.1) is 0 Å². The van der Waals surface area contributed by atoms with Gasteiger partial charge in [0, 0.05) is 25.8 Å². The first-order valence-electron chi connectivity index (χ1n) is 7.32. The minimum Gasteiger partial charge on any atom is -0.384 e. The summed E-state index contributed by atoms with van der Waals surface area (Å²) in [6.07, 6.45) is 2.86. The quantitative estimate of drug-likeness (QED) is 0.900. The van der Waals surface area contributed by atoms with Gasteiger partial charge in [-0.25, -0.2) is 4.98 Å². The van der Waals surface area contributed by atoms with Gasteiger partial charge in [0.25, 0.3) is 5.91 Å². The second kappa shape index (κ2) is 6.16. The molecular formula is C16H19N3O2S. The Morgan fingerprint density at radius 3 is 2.59 bits per heavy atom. The largest absolute Gasteiger partial charge is 0.384 e. The van der Waals surface area contributed by atoms with E-state index in [4.69, 9.17) is 5.73 Å². The van der Waals surface area contributed by atoms with Gasteiger partial charge in [-0.3, -0.25) is 9.69 Å². The number of aromatic nitrogens is 1. The highest BCUT2D eigenvalue weighted by Crippen LogP contribution is 2.36. The number of amides is 1. The molecule has 2 aromatic rings. The first-order chi connectivity index (χ1) is 10.6. The van der Waals surface area contributed by atoms with Crippen LogP contribution in [-0.2, 0) is 12.1 Å². The molecule has 0 saturated carbocycles. The minimum atomic E-state index is -0.890. The van der Waals surface area contributed by atoms with E-state index in [9.17, 15) is 9.90 Å². The van der Waals surface area contributed by atoms with Crippen molar-refractivity contribution in [1.29, 1.82) is 0 Å². The van der Waals surface area contributed by atoms with Gasteiger partial charge in [0.15, 0.2) is 5.01 Å². The van der Waals surface area contributed by atoms with Gasteiger partial charge in [-0.1, -0.05) is 30.3 Å². The van der Waals surface area contributed by atoms with Gasteiger partial charge in [0.05, 0.1) is 4.88 Å². The number of benzene rings is 1. The van der Waals surface area contributed by atoms with Crippen molar-refractivity contribution in [2.75, 3.05) is 13.1 Å². The predicted molar refractivity (Wildman–Crippen MR) is 85.5 cm³/mol. The molecule has 3 N–H and O–H groups in total. The van der Waals surface area contributed by atoms with Crippen LogP contribution < -0.4 is 5.73 Å². The maximum Gasteiger partial charge on any atom is 0.277 e. The molecule has 1 aliphatic heterocycles. The maximum absolute atomic E-state index is 11.1. The van der Waals surface area contributed by atoms with Crippen LogP contribution in [0.3, 0.4) is 0 Å². The predicted octanol–water partition coefficient (Wildman–Crippen LogP) is 1.73. The first kappa shape index (κ1) is 15.1. The standard InChI is InChI=1S/C16H19N3O2S/c17-14(20)15-18-10-13(22-15)16(21)6-8-19(9-7-16)11-12-4-2-1-3-5-12/h1-5,10,21H,6-9,11H2,(H2,17,20). The molecule has 3 rings (SSSR count). The Morgan fingerprint density at radius 2 is 2.00 bits per heavy atom. The van der Waals surface area contributed by atoms with E-state index in [-0.39, 0.29) is 5.01 Å². The number of piperidine rings is 1. The number of rotatable bonds is 4. The number of hydrogen-bond donors (Lipinski definition) is 2. The molecule has 1 aromatic heterocycles. The third-order valence-electron chi connectivity index (χ3n) is 4.11. The third kappa shape index (κ3) is 3.19. The van der Waals surface area contributed by atoms with Crippen molar-refractivity contribution in [3.8, 4) is 0 Å². The Bertz CT molecular complexity index is 648. The molecule has 116 valence electrons. The van der Waals surface area contributed by atoms with Crippen LogP contribution in [0.1, 0.15) is 33.1 Å². The number of thiazole rings is 1. The van der Waals surface area contributed by atoms with Crippen molar-refractivity contribution in [2.24, 2.45) is 5.73 Å². The summed E-state index contributed by atoms with van der Waals surface area (Å²) in [5.41, 5.74) is 5.62. The summed E-state index contributed by atoms with van der Waals surface area (Å²) >= 11 is 1.20. The topological polar surface area (TPSA) is 79.5 Å². The SMILES string of the molecule is NC(=O)c1ncc(C2(O)CCN(Cc3ccccc3)CC2)s1. The Labute approximate surface area is 133 Å². The second-order valence-electron chi connectivity index (χ2n) is 5.69. The highest BCUT2D eigenvalue weighted by molar-refractivity contribution is 7.13. The fourth-order valence-corrected chi connectivity index (χ4v) is 3.69. The average Bonchev–Trinajstić information content (AvgIpc) is 3.02. The summed E-state index contributed by atoms with van der Waals surface area (Å²) in [6, 6.07) is 10.3. The molecule has 6 heteroatoms. The fraction of sp³-hybridized carbons (Fsp3) is 0.375. The van der Waals surface area contributed by atoms with Crippen LogP contribution in [0.5, 0.6) is 0 Å². The number of likely N-dealkylation sites (tertiary alicyclic amines) is 1. The van der Waals surface area contributed by atoms with E-state index >= 15 is 0 Å². The van der Waals surface area contributed by atoms with E-state index in [0.717, 1.165) is 24.5 Å². The smallest absolute Gasteiger partial charge is 0.277 e. The molecule has 5 nitrogen and oxygen atoms in total. The van der Waals surface area contributed by atoms with Crippen molar-refractivity contribution in [3.05, 3.63) is 52.0 Å². The first-order valence-corrected chi connectivity index (χ1v) is 8.13. The van der Waals surface area contributed by atoms with E-state index in [0.29, 0.717) is 12.8 Å². The number of aliphatic hydroxyl groups is 1. The molecule has 1 aromatic carbocycles. The lowest BCUT2D eigenvalue weighted by atomic mass is 9.90. The molecular weight excluding hydrogens is 298 g/mol. The van der Waals surface area contributed by atoms with Gasteiger partial charge >= 0.3 is 0 Å². The maximum atomic E-state index is 11.1. The normalized spacial score (nSPS) is 18.2. The Morgan fingerprint density at radius 1 is 1.32 bits per heavy atom. The lowest BCUT2D eigenvalue weighted by Gasteiger charge is -2.37. The van der Waals surface area contributed by atoms with Gasteiger partial charge in [-0.2, -0.15) is 0 Å². The van der Waals surface area contributed by atoms with Crippen LogP contribution >= 0.6 is 11.3 Å². The number of hydrogen-bond acceptors (Lipinski definition) is 5. The summed E-state index contributed by atoms with van der Waals surface area (Å²) in [5.74, 6) is -0.540. The van der Waals surface area contributed by atoms with E-state index in [1.807, 2.05) is 18.2 Å². The molecule has 1 amide bonds. The number of carbonyl (C=O) groups is 1. The lowest BCUT2D eigenvalue weighted by Crippen LogP contribution is -2.41. The molecule has 2 heterocycles. The van der Waals surface area contributed by atoms with Gasteiger partial charge in [0.1, 0.15) is 5.60 Å². The van der Waals surface area contributed by atoms with Gasteiger partial charge < -0.3 is 10.8 Å². The van der Waals surface area contributed by atoms with Gasteiger partial charge in [-0.05, 0) is 18.4 Å². The molecule has 0 radical (unpaired) electrons. The number of nitrogens with two attached hydrogens (primary N) is 1. The van der Waals surface area contributed by atoms with E-state index in [1.165, 1.54) is 16.9 Å². The third-order valence-corrected chi connectivity index (χ3v) is 5.31. The zero-order valence-electron chi connectivity index (χ0n) is 12.2. The van der Waals surface area contributed by atoms with Crippen LogP contribution in [0.25, 0.3) is 0 Å². The Balaban J connectivity index is 1.63. The van der Waals surface area contributed by atoms with Crippen molar-refractivity contribution in [3.63, 3.8) is 0 Å². The molecule has 0 atom stereocenters. The summed E-state index contributed by atoms with van der Waals surface area (Å²) < 4.78 is 0. The van der Waals surface area contributed by atoms with Crippen LogP contribution in [0.15, 0.2) is 36.5 Å². The molecule has 0 unspecified atom stereocenters. The highest BCUT2D eigenvalue weighted by atomic mass is 32.1. The van der Waals surface area contributed by atoms with Crippen LogP contribution in [0.2, 0.25) is 0 Å². The number of primary amides is 1. The van der Waals surface area contributed by atoms with Crippen LogP contribution in [0.4, 0.5) is 0 Å². The van der Waals surface area contributed by atoms with Crippen molar-refractivity contribution >= 4 is 17.2 Å². The monoisotopic (exact) mass is 317 g/mol. The molecule has 0 bridgehead atoms. The summed E-state index contributed by atoms with van der Waals surface area (Å²) in [4.78, 5) is 18.2. The van der Waals surface area contributed by atoms with E-state index < -0.39 is 11.5 Å². The van der Waals surface area contributed by atoms with Crippen molar-refractivity contribution in [1.82, 2.24) is 9.88 Å². The zero-order valence-corrected chi connectivity index (χ0v) is 13.1. The molecule has 0 aliphatic carbocycles. The fourth-order valence-electron chi connectivity index (χ4n) is 2.77. The molecule has 0 spiro atoms. The van der Waals surface area contributed by atoms with Gasteiger partial charge in [0.2, 0.25) is 0 Å². The zero-order chi connectivity index (χ0) is 15.6. The molecule has 1 fully saturated rings. The van der Waals surface area contributed by atoms with Crippen molar-refractivity contribution < 1.29 is 9.90 Å². The minimum absolute atomic E-state index is 0.259. The summed E-state index contributed by atoms with van der Waals surface area (Å²) in [7, 11) is 0. The summed E-state index contributed by atoms with van der Waals surface area (Å²) in [6.45, 7) is 2.52. The summed E-state index contributed by atoms with van der Waals surface area (Å²) in [5, 5.41) is 11.1. The van der Waals surface area contributed by atoms with Gasteiger partial charge in [-0.15, -0.1) is 11.3 Å². The molecule has 1 aliphatic rings.